The molecule has 0 aliphatic rings. The fourth-order valence-electron chi connectivity index (χ4n) is 0.700. The Kier molecular flexibility index (Phi) is 10.8. The van der Waals surface area contributed by atoms with E-state index in [-0.39, 0.29) is 0 Å². The fraction of sp³-hybridized carbons (Fsp3) is 1.00. The summed E-state index contributed by atoms with van der Waals surface area (Å²) >= 11 is 3.36. The molecule has 0 aromatic rings. The summed E-state index contributed by atoms with van der Waals surface area (Å²) in [6.45, 7) is 8.10. The number of halogens is 1. The first-order chi connectivity index (χ1) is 7.54. The molecule has 0 saturated heterocycles. The molecule has 0 spiro atoms. The fourth-order valence-corrected chi connectivity index (χ4v) is 1.10. The van der Waals surface area contributed by atoms with Gasteiger partial charge in [0.1, 0.15) is 0 Å². The van der Waals surface area contributed by atoms with Crippen molar-refractivity contribution in [3.05, 3.63) is 0 Å². The largest absolute Gasteiger partial charge is 0.631 e. The van der Waals surface area contributed by atoms with Crippen molar-refractivity contribution in [1.82, 2.24) is 0 Å². The van der Waals surface area contributed by atoms with Gasteiger partial charge in [0.2, 0.25) is 0 Å². The average molecular weight is 315 g/mol. The van der Waals surface area contributed by atoms with Gasteiger partial charge in [-0.3, -0.25) is 0 Å². The molecule has 0 rings (SSSR count). The van der Waals surface area contributed by atoms with Gasteiger partial charge >= 0.3 is 7.32 Å². The highest BCUT2D eigenvalue weighted by atomic mass is 79.9. The van der Waals surface area contributed by atoms with Crippen LogP contribution in [0, 0.1) is 0 Å². The molecular weight excluding hydrogens is 291 g/mol. The van der Waals surface area contributed by atoms with Crippen molar-refractivity contribution in [1.29, 1.82) is 0 Å². The Labute approximate surface area is 112 Å². The molecule has 5 nitrogen and oxygen atoms in total. The SMILES string of the molecule is CC(C)(O)C(C)(C)OCCCCBr.OB(O)O. The van der Waals surface area contributed by atoms with Crippen LogP contribution in [0.2, 0.25) is 0 Å². The average Bonchev–Trinajstić information content (AvgIpc) is 2.09. The minimum atomic E-state index is -2.17. The van der Waals surface area contributed by atoms with Gasteiger partial charge in [-0.2, -0.15) is 0 Å². The van der Waals surface area contributed by atoms with Crippen LogP contribution in [0.4, 0.5) is 0 Å². The Morgan fingerprint density at radius 2 is 1.47 bits per heavy atom. The molecule has 0 radical (unpaired) electrons. The van der Waals surface area contributed by atoms with Gasteiger partial charge in [0.25, 0.3) is 0 Å². The van der Waals surface area contributed by atoms with Gasteiger partial charge in [-0.15, -0.1) is 0 Å². The Morgan fingerprint density at radius 1 is 1.06 bits per heavy atom. The molecule has 0 bridgehead atoms. The highest BCUT2D eigenvalue weighted by Crippen LogP contribution is 2.25. The van der Waals surface area contributed by atoms with Crippen LogP contribution in [0.15, 0.2) is 0 Å². The second kappa shape index (κ2) is 9.30. The van der Waals surface area contributed by atoms with Crippen LogP contribution in [0.1, 0.15) is 40.5 Å². The quantitative estimate of drug-likeness (QED) is 0.329. The summed E-state index contributed by atoms with van der Waals surface area (Å²) in [6.07, 6.45) is 2.15. The van der Waals surface area contributed by atoms with Crippen molar-refractivity contribution >= 4 is 23.3 Å². The van der Waals surface area contributed by atoms with Crippen molar-refractivity contribution in [2.75, 3.05) is 11.9 Å². The Morgan fingerprint density at radius 3 is 1.76 bits per heavy atom. The van der Waals surface area contributed by atoms with Gasteiger partial charge in [0.15, 0.2) is 0 Å². The molecule has 0 aliphatic heterocycles. The standard InChI is InChI=1S/C10H21BrO2.BH3O3/c1-9(2,12)10(3,4)13-8-6-5-7-11;2-1(3)4/h12H,5-8H2,1-4H3;2-4H. The summed E-state index contributed by atoms with van der Waals surface area (Å²) in [4.78, 5) is 0. The first-order valence-corrected chi connectivity index (χ1v) is 6.63. The topological polar surface area (TPSA) is 90.2 Å². The van der Waals surface area contributed by atoms with Crippen molar-refractivity contribution in [2.24, 2.45) is 0 Å². The second-order valence-electron chi connectivity index (χ2n) is 4.66. The lowest BCUT2D eigenvalue weighted by Crippen LogP contribution is -2.47. The van der Waals surface area contributed by atoms with Gasteiger partial charge in [-0.1, -0.05) is 15.9 Å². The predicted octanol–water partition coefficient (Wildman–Crippen LogP) is 0.676. The summed E-state index contributed by atoms with van der Waals surface area (Å²) in [6, 6.07) is 0. The zero-order valence-electron chi connectivity index (χ0n) is 11.0. The first-order valence-electron chi connectivity index (χ1n) is 5.51. The molecule has 4 N–H and O–H groups in total. The van der Waals surface area contributed by atoms with E-state index in [4.69, 9.17) is 19.8 Å². The normalized spacial score (nSPS) is 11.8. The van der Waals surface area contributed by atoms with Crippen LogP contribution in [0.5, 0.6) is 0 Å². The lowest BCUT2D eigenvalue weighted by Gasteiger charge is -2.37. The van der Waals surface area contributed by atoms with Gasteiger partial charge < -0.3 is 24.9 Å². The molecule has 0 fully saturated rings. The maximum absolute atomic E-state index is 9.77. The third-order valence-electron chi connectivity index (χ3n) is 2.46. The van der Waals surface area contributed by atoms with E-state index in [1.807, 2.05) is 13.8 Å². The lowest BCUT2D eigenvalue weighted by atomic mass is 9.89. The summed E-state index contributed by atoms with van der Waals surface area (Å²) in [5.41, 5.74) is -1.26. The first kappa shape index (κ1) is 19.7. The van der Waals surface area contributed by atoms with Crippen molar-refractivity contribution < 1.29 is 24.9 Å². The van der Waals surface area contributed by atoms with Crippen LogP contribution < -0.4 is 0 Å². The predicted molar refractivity (Wildman–Crippen MR) is 71.8 cm³/mol. The highest BCUT2D eigenvalue weighted by molar-refractivity contribution is 9.09. The number of aliphatic hydroxyl groups is 1. The molecule has 0 aromatic carbocycles. The van der Waals surface area contributed by atoms with Gasteiger partial charge in [0, 0.05) is 11.9 Å². The van der Waals surface area contributed by atoms with E-state index in [2.05, 4.69) is 15.9 Å². The van der Waals surface area contributed by atoms with E-state index >= 15 is 0 Å². The number of ether oxygens (including phenoxy) is 1. The Hall–Kier alpha value is 0.345. The summed E-state index contributed by atoms with van der Waals surface area (Å²) in [5, 5.41) is 32.3. The molecule has 0 atom stereocenters. The third kappa shape index (κ3) is 12.6. The number of hydrogen-bond acceptors (Lipinski definition) is 5. The molecule has 0 aromatic heterocycles. The smallest absolute Gasteiger partial charge is 0.402 e. The lowest BCUT2D eigenvalue weighted by molar-refractivity contribution is -0.147. The maximum atomic E-state index is 9.77. The van der Waals surface area contributed by atoms with Crippen molar-refractivity contribution in [3.63, 3.8) is 0 Å². The molecular formula is C10H24BBrO5. The number of rotatable bonds is 6. The molecule has 0 heterocycles. The zero-order valence-corrected chi connectivity index (χ0v) is 12.6. The molecule has 104 valence electrons. The van der Waals surface area contributed by atoms with Gasteiger partial charge in [-0.25, -0.2) is 0 Å². The summed E-state index contributed by atoms with van der Waals surface area (Å²) < 4.78 is 5.63. The molecule has 0 aliphatic carbocycles. The van der Waals surface area contributed by atoms with Crippen LogP contribution in [-0.4, -0.2) is 50.6 Å². The zero-order chi connectivity index (χ0) is 14.1. The molecule has 0 amide bonds. The minimum absolute atomic E-state index is 0.473. The summed E-state index contributed by atoms with van der Waals surface area (Å²) in [5.74, 6) is 0. The Balaban J connectivity index is 0. The van der Waals surface area contributed by atoms with Crippen molar-refractivity contribution in [2.45, 2.75) is 51.7 Å². The van der Waals surface area contributed by atoms with Crippen LogP contribution >= 0.6 is 15.9 Å². The van der Waals surface area contributed by atoms with Crippen LogP contribution in [0.3, 0.4) is 0 Å². The third-order valence-corrected chi connectivity index (χ3v) is 3.02. The number of unbranched alkanes of at least 4 members (excludes halogenated alkanes) is 1. The summed E-state index contributed by atoms with van der Waals surface area (Å²) in [7, 11) is -2.17. The molecule has 0 saturated carbocycles. The monoisotopic (exact) mass is 314 g/mol. The van der Waals surface area contributed by atoms with Gasteiger partial charge in [0.05, 0.1) is 11.2 Å². The van der Waals surface area contributed by atoms with Gasteiger partial charge in [-0.05, 0) is 40.5 Å². The van der Waals surface area contributed by atoms with Crippen molar-refractivity contribution in [3.8, 4) is 0 Å². The molecule has 7 heteroatoms. The molecule has 0 unspecified atom stereocenters. The van der Waals surface area contributed by atoms with E-state index in [0.717, 1.165) is 18.2 Å². The van der Waals surface area contributed by atoms with Crippen LogP contribution in [0.25, 0.3) is 0 Å². The highest BCUT2D eigenvalue weighted by Gasteiger charge is 2.35. The second-order valence-corrected chi connectivity index (χ2v) is 5.45. The van der Waals surface area contributed by atoms with E-state index < -0.39 is 18.5 Å². The van der Waals surface area contributed by atoms with E-state index in [1.165, 1.54) is 0 Å². The maximum Gasteiger partial charge on any atom is 0.631 e. The van der Waals surface area contributed by atoms with E-state index in [1.54, 1.807) is 13.8 Å². The number of alkyl halides is 1. The van der Waals surface area contributed by atoms with E-state index in [9.17, 15) is 5.11 Å². The van der Waals surface area contributed by atoms with E-state index in [0.29, 0.717) is 6.61 Å². The Bertz CT molecular complexity index is 179. The minimum Gasteiger partial charge on any atom is -0.402 e. The number of hydrogen-bond donors (Lipinski definition) is 4. The van der Waals surface area contributed by atoms with Crippen LogP contribution in [-0.2, 0) is 4.74 Å². The molecule has 17 heavy (non-hydrogen) atoms.